The van der Waals surface area contributed by atoms with E-state index in [1.807, 2.05) is 74.5 Å². The number of benzene rings is 4. The molecule has 0 saturated heterocycles. The smallest absolute Gasteiger partial charge is 0.347 e. The van der Waals surface area contributed by atoms with E-state index in [2.05, 4.69) is 23.7 Å². The van der Waals surface area contributed by atoms with Gasteiger partial charge in [-0.25, -0.2) is 9.59 Å². The number of hydrogen-bond acceptors (Lipinski definition) is 3. The molecule has 0 aliphatic carbocycles. The van der Waals surface area contributed by atoms with Crippen molar-refractivity contribution in [2.75, 3.05) is 0 Å². The van der Waals surface area contributed by atoms with Gasteiger partial charge in [-0.15, -0.1) is 0 Å². The fourth-order valence-electron chi connectivity index (χ4n) is 3.40. The minimum absolute atomic E-state index is 0.233. The fourth-order valence-corrected chi connectivity index (χ4v) is 3.40. The maximum atomic E-state index is 13.0. The van der Waals surface area contributed by atoms with E-state index in [9.17, 15) is 9.59 Å². The molecule has 4 aromatic carbocycles. The second kappa shape index (κ2) is 10.8. The summed E-state index contributed by atoms with van der Waals surface area (Å²) in [7, 11) is 0. The van der Waals surface area contributed by atoms with Crippen LogP contribution in [0.15, 0.2) is 97.1 Å². The van der Waals surface area contributed by atoms with Gasteiger partial charge in [0.2, 0.25) is 0 Å². The summed E-state index contributed by atoms with van der Waals surface area (Å²) in [6.07, 6.45) is 0. The minimum atomic E-state index is -0.755. The number of carbonyl (C=O) groups excluding carboxylic acids is 2. The van der Waals surface area contributed by atoms with Gasteiger partial charge in [0.25, 0.3) is 0 Å². The number of esters is 2. The van der Waals surface area contributed by atoms with Crippen LogP contribution < -0.4 is 0 Å². The molecule has 168 valence electrons. The summed E-state index contributed by atoms with van der Waals surface area (Å²) in [5.41, 5.74) is 5.01. The Morgan fingerprint density at radius 2 is 0.943 bits per heavy atom. The van der Waals surface area contributed by atoms with Crippen LogP contribution in [0, 0.1) is 37.5 Å². The molecule has 0 radical (unpaired) electrons. The molecule has 0 saturated carbocycles. The number of carbonyl (C=O) groups is 2. The average molecular weight is 455 g/mol. The van der Waals surface area contributed by atoms with Gasteiger partial charge in [0.15, 0.2) is 0 Å². The molecule has 0 heterocycles. The molecule has 0 atom stereocenters. The highest BCUT2D eigenvalue weighted by atomic mass is 16.6. The standard InChI is InChI=1S/C32H22O3/c1-23-13-19-29(27(21-23)17-15-25-9-5-3-6-10-25)31(33)35-32(34)30-20-14-24(2)22-28(30)18-16-26-11-7-4-8-12-26/h3-14,19-22H,1-2H3. The van der Waals surface area contributed by atoms with Gasteiger partial charge in [-0.05, 0) is 73.5 Å². The van der Waals surface area contributed by atoms with Gasteiger partial charge >= 0.3 is 11.9 Å². The van der Waals surface area contributed by atoms with Crippen LogP contribution in [-0.2, 0) is 4.74 Å². The van der Waals surface area contributed by atoms with Gasteiger partial charge in [-0.3, -0.25) is 0 Å². The van der Waals surface area contributed by atoms with Crippen LogP contribution in [0.1, 0.15) is 54.1 Å². The molecule has 3 heteroatoms. The monoisotopic (exact) mass is 454 g/mol. The SMILES string of the molecule is Cc1ccc(C(=O)OC(=O)c2ccc(C)cc2C#Cc2ccccc2)c(C#Cc2ccccc2)c1. The van der Waals surface area contributed by atoms with E-state index in [0.29, 0.717) is 11.1 Å². The van der Waals surface area contributed by atoms with E-state index < -0.39 is 11.9 Å². The number of aryl methyl sites for hydroxylation is 2. The third-order valence-electron chi connectivity index (χ3n) is 5.21. The molecule has 3 nitrogen and oxygen atoms in total. The number of rotatable bonds is 2. The lowest BCUT2D eigenvalue weighted by Crippen LogP contribution is -2.15. The molecule has 35 heavy (non-hydrogen) atoms. The number of hydrogen-bond donors (Lipinski definition) is 0. The summed E-state index contributed by atoms with van der Waals surface area (Å²) in [6, 6.07) is 29.4. The van der Waals surface area contributed by atoms with Crippen molar-refractivity contribution >= 4 is 11.9 Å². The molecule has 4 rings (SSSR count). The van der Waals surface area contributed by atoms with Gasteiger partial charge in [-0.1, -0.05) is 72.2 Å². The topological polar surface area (TPSA) is 43.4 Å². The Bertz CT molecular complexity index is 1390. The van der Waals surface area contributed by atoms with Crippen LogP contribution in [0.25, 0.3) is 0 Å². The van der Waals surface area contributed by atoms with Gasteiger partial charge in [0.1, 0.15) is 0 Å². The first-order chi connectivity index (χ1) is 17.0. The molecule has 4 aromatic rings. The molecular weight excluding hydrogens is 432 g/mol. The van der Waals surface area contributed by atoms with Gasteiger partial charge in [0.05, 0.1) is 11.1 Å². The molecule has 0 N–H and O–H groups in total. The lowest BCUT2D eigenvalue weighted by molar-refractivity contribution is 0.0397. The van der Waals surface area contributed by atoms with Crippen molar-refractivity contribution < 1.29 is 14.3 Å². The average Bonchev–Trinajstić information content (AvgIpc) is 2.87. The van der Waals surface area contributed by atoms with Crippen molar-refractivity contribution in [3.63, 3.8) is 0 Å². The molecule has 0 bridgehead atoms. The van der Waals surface area contributed by atoms with Crippen LogP contribution in [0.5, 0.6) is 0 Å². The first-order valence-electron chi connectivity index (χ1n) is 11.1. The van der Waals surface area contributed by atoms with Crippen molar-refractivity contribution in [3.8, 4) is 23.7 Å². The lowest BCUT2D eigenvalue weighted by atomic mass is 10.0. The van der Waals surface area contributed by atoms with Gasteiger partial charge < -0.3 is 4.74 Å². The summed E-state index contributed by atoms with van der Waals surface area (Å²) >= 11 is 0. The molecule has 0 aliphatic rings. The highest BCUT2D eigenvalue weighted by Crippen LogP contribution is 2.17. The Morgan fingerprint density at radius 3 is 1.34 bits per heavy atom. The summed E-state index contributed by atoms with van der Waals surface area (Å²) in [5.74, 6) is 10.7. The zero-order valence-corrected chi connectivity index (χ0v) is 19.5. The molecular formula is C32H22O3. The molecule has 0 aliphatic heterocycles. The molecule has 0 unspecified atom stereocenters. The van der Waals surface area contributed by atoms with Crippen molar-refractivity contribution in [1.29, 1.82) is 0 Å². The Balaban J connectivity index is 1.61. The number of ether oxygens (including phenoxy) is 1. The predicted molar refractivity (Wildman–Crippen MR) is 137 cm³/mol. The maximum Gasteiger partial charge on any atom is 0.347 e. The maximum absolute atomic E-state index is 13.0. The Kier molecular flexibility index (Phi) is 7.22. The highest BCUT2D eigenvalue weighted by Gasteiger charge is 2.20. The van der Waals surface area contributed by atoms with Crippen molar-refractivity contribution in [3.05, 3.63) is 142 Å². The normalized spacial score (nSPS) is 9.77. The molecule has 0 fully saturated rings. The van der Waals surface area contributed by atoms with E-state index in [-0.39, 0.29) is 11.1 Å². The second-order valence-electron chi connectivity index (χ2n) is 8.01. The Labute approximate surface area is 205 Å². The van der Waals surface area contributed by atoms with E-state index in [0.717, 1.165) is 22.3 Å². The zero-order chi connectivity index (χ0) is 24.6. The Hall–Kier alpha value is -4.86. The zero-order valence-electron chi connectivity index (χ0n) is 19.5. The lowest BCUT2D eigenvalue weighted by Gasteiger charge is -2.08. The van der Waals surface area contributed by atoms with Crippen molar-refractivity contribution in [1.82, 2.24) is 0 Å². The van der Waals surface area contributed by atoms with Crippen LogP contribution in [0.2, 0.25) is 0 Å². The fraction of sp³-hybridized carbons (Fsp3) is 0.0625. The molecule has 0 spiro atoms. The Morgan fingerprint density at radius 1 is 0.543 bits per heavy atom. The van der Waals surface area contributed by atoms with Crippen LogP contribution in [-0.4, -0.2) is 11.9 Å². The van der Waals surface area contributed by atoms with Gasteiger partial charge in [0, 0.05) is 22.3 Å². The summed E-state index contributed by atoms with van der Waals surface area (Å²) in [5, 5.41) is 0. The van der Waals surface area contributed by atoms with Crippen molar-refractivity contribution in [2.24, 2.45) is 0 Å². The highest BCUT2D eigenvalue weighted by molar-refractivity contribution is 6.04. The second-order valence-corrected chi connectivity index (χ2v) is 8.01. The van der Waals surface area contributed by atoms with Crippen LogP contribution >= 0.6 is 0 Å². The van der Waals surface area contributed by atoms with E-state index in [1.165, 1.54) is 0 Å². The van der Waals surface area contributed by atoms with Crippen molar-refractivity contribution in [2.45, 2.75) is 13.8 Å². The molecule has 0 amide bonds. The van der Waals surface area contributed by atoms with E-state index >= 15 is 0 Å². The summed E-state index contributed by atoms with van der Waals surface area (Å²) in [6.45, 7) is 3.83. The summed E-state index contributed by atoms with van der Waals surface area (Å²) < 4.78 is 5.27. The first-order valence-corrected chi connectivity index (χ1v) is 11.1. The largest absolute Gasteiger partial charge is 0.386 e. The van der Waals surface area contributed by atoms with E-state index in [4.69, 9.17) is 4.74 Å². The minimum Gasteiger partial charge on any atom is -0.386 e. The quantitative estimate of drug-likeness (QED) is 0.209. The predicted octanol–water partition coefficient (Wildman–Crippen LogP) is 6.10. The third kappa shape index (κ3) is 6.14. The third-order valence-corrected chi connectivity index (χ3v) is 5.21. The summed E-state index contributed by atoms with van der Waals surface area (Å²) in [4.78, 5) is 26.0. The first kappa shape index (κ1) is 23.3. The van der Waals surface area contributed by atoms with Crippen LogP contribution in [0.3, 0.4) is 0 Å². The van der Waals surface area contributed by atoms with E-state index in [1.54, 1.807) is 36.4 Å². The van der Waals surface area contributed by atoms with Crippen LogP contribution in [0.4, 0.5) is 0 Å². The molecule has 0 aromatic heterocycles. The van der Waals surface area contributed by atoms with Gasteiger partial charge in [-0.2, -0.15) is 0 Å².